The van der Waals surface area contributed by atoms with Crippen LogP contribution in [0.25, 0.3) is 0 Å². The smallest absolute Gasteiger partial charge is 0.259 e. The van der Waals surface area contributed by atoms with Crippen molar-refractivity contribution in [2.45, 2.75) is 19.3 Å². The fraction of sp³-hybridized carbons (Fsp3) is 0.381. The molecule has 2 aromatic carbocycles. The first kappa shape index (κ1) is 18.9. The minimum absolute atomic E-state index is 0.253. The molecular weight excluding hydrogens is 344 g/mol. The number of benzene rings is 2. The number of methoxy groups -OCH3 is 3. The van der Waals surface area contributed by atoms with Crippen molar-refractivity contribution in [3.63, 3.8) is 0 Å². The standard InChI is InChI=1S/C21H26N2O4/c1-25-18-14-20(27-3)19(26-2)13-15(18)21(24)22-16-9-5-6-10-17(16)23-11-7-4-8-12-23/h5-6,9-10,13-14H,4,7-8,11-12H2,1-3H3,(H,22,24). The average molecular weight is 370 g/mol. The summed E-state index contributed by atoms with van der Waals surface area (Å²) >= 11 is 0. The Balaban J connectivity index is 1.90. The topological polar surface area (TPSA) is 60.0 Å². The van der Waals surface area contributed by atoms with Gasteiger partial charge >= 0.3 is 0 Å². The number of nitrogens with one attached hydrogen (secondary N) is 1. The molecule has 3 rings (SSSR count). The van der Waals surface area contributed by atoms with Gasteiger partial charge < -0.3 is 24.4 Å². The Kier molecular flexibility index (Phi) is 6.06. The molecule has 1 aliphatic rings. The minimum atomic E-state index is -0.253. The molecule has 1 N–H and O–H groups in total. The maximum absolute atomic E-state index is 13.0. The Morgan fingerprint density at radius 2 is 1.52 bits per heavy atom. The van der Waals surface area contributed by atoms with Crippen LogP contribution in [0.1, 0.15) is 29.6 Å². The molecule has 2 aromatic rings. The number of anilines is 2. The number of nitrogens with zero attached hydrogens (tertiary/aromatic N) is 1. The van der Waals surface area contributed by atoms with E-state index < -0.39 is 0 Å². The SMILES string of the molecule is COc1cc(OC)c(C(=O)Nc2ccccc2N2CCCCC2)cc1OC. The predicted octanol–water partition coefficient (Wildman–Crippen LogP) is 3.96. The van der Waals surface area contributed by atoms with Crippen molar-refractivity contribution in [2.75, 3.05) is 44.6 Å². The third-order valence-electron chi connectivity index (χ3n) is 4.80. The quantitative estimate of drug-likeness (QED) is 0.834. The van der Waals surface area contributed by atoms with E-state index in [0.717, 1.165) is 24.5 Å². The Morgan fingerprint density at radius 1 is 0.889 bits per heavy atom. The van der Waals surface area contributed by atoms with Crippen molar-refractivity contribution in [3.8, 4) is 17.2 Å². The highest BCUT2D eigenvalue weighted by molar-refractivity contribution is 6.08. The van der Waals surface area contributed by atoms with Crippen molar-refractivity contribution in [1.82, 2.24) is 0 Å². The van der Waals surface area contributed by atoms with Crippen LogP contribution in [0, 0.1) is 0 Å². The van der Waals surface area contributed by atoms with Gasteiger partial charge in [0.15, 0.2) is 11.5 Å². The van der Waals surface area contributed by atoms with E-state index in [1.54, 1.807) is 19.2 Å². The number of carbonyl (C=O) groups is 1. The van der Waals surface area contributed by atoms with Crippen LogP contribution in [0.5, 0.6) is 17.2 Å². The van der Waals surface area contributed by atoms with E-state index in [1.165, 1.54) is 33.5 Å². The van der Waals surface area contributed by atoms with Crippen molar-refractivity contribution >= 4 is 17.3 Å². The zero-order chi connectivity index (χ0) is 19.2. The molecule has 0 atom stereocenters. The fourth-order valence-electron chi connectivity index (χ4n) is 3.39. The summed E-state index contributed by atoms with van der Waals surface area (Å²) in [4.78, 5) is 15.3. The van der Waals surface area contributed by atoms with Crippen LogP contribution in [-0.2, 0) is 0 Å². The zero-order valence-corrected chi connectivity index (χ0v) is 16.1. The molecule has 1 amide bonds. The number of para-hydroxylation sites is 2. The molecule has 1 aliphatic heterocycles. The molecule has 6 nitrogen and oxygen atoms in total. The summed E-state index contributed by atoms with van der Waals surface area (Å²) < 4.78 is 16.0. The molecule has 0 unspecified atom stereocenters. The summed E-state index contributed by atoms with van der Waals surface area (Å²) in [7, 11) is 4.61. The molecule has 0 bridgehead atoms. The number of hydrogen-bond donors (Lipinski definition) is 1. The first-order chi connectivity index (χ1) is 13.2. The van der Waals surface area contributed by atoms with Gasteiger partial charge in [0, 0.05) is 25.2 Å². The van der Waals surface area contributed by atoms with Crippen molar-refractivity contribution in [1.29, 1.82) is 0 Å². The lowest BCUT2D eigenvalue weighted by atomic mass is 10.1. The first-order valence-electron chi connectivity index (χ1n) is 9.13. The molecule has 1 saturated heterocycles. The van der Waals surface area contributed by atoms with E-state index in [-0.39, 0.29) is 5.91 Å². The van der Waals surface area contributed by atoms with Gasteiger partial charge in [-0.2, -0.15) is 0 Å². The monoisotopic (exact) mass is 370 g/mol. The maximum Gasteiger partial charge on any atom is 0.259 e. The van der Waals surface area contributed by atoms with Gasteiger partial charge in [-0.25, -0.2) is 0 Å². The van der Waals surface area contributed by atoms with Crippen LogP contribution in [0.15, 0.2) is 36.4 Å². The molecular formula is C21H26N2O4. The van der Waals surface area contributed by atoms with E-state index in [9.17, 15) is 4.79 Å². The number of piperidine rings is 1. The lowest BCUT2D eigenvalue weighted by molar-refractivity contribution is 0.102. The largest absolute Gasteiger partial charge is 0.496 e. The second-order valence-electron chi connectivity index (χ2n) is 6.43. The number of hydrogen-bond acceptors (Lipinski definition) is 5. The second-order valence-corrected chi connectivity index (χ2v) is 6.43. The highest BCUT2D eigenvalue weighted by Crippen LogP contribution is 2.36. The van der Waals surface area contributed by atoms with Gasteiger partial charge in [0.1, 0.15) is 5.75 Å². The van der Waals surface area contributed by atoms with Crippen LogP contribution in [0.2, 0.25) is 0 Å². The summed E-state index contributed by atoms with van der Waals surface area (Å²) in [6, 6.07) is 11.2. The van der Waals surface area contributed by atoms with Crippen LogP contribution in [0.3, 0.4) is 0 Å². The molecule has 0 saturated carbocycles. The van der Waals surface area contributed by atoms with Gasteiger partial charge in [0.2, 0.25) is 0 Å². The van der Waals surface area contributed by atoms with Gasteiger partial charge in [0.25, 0.3) is 5.91 Å². The molecule has 0 radical (unpaired) electrons. The lowest BCUT2D eigenvalue weighted by Gasteiger charge is -2.30. The van der Waals surface area contributed by atoms with E-state index in [4.69, 9.17) is 14.2 Å². The molecule has 0 aliphatic carbocycles. The predicted molar refractivity (Wildman–Crippen MR) is 107 cm³/mol. The Labute approximate surface area is 160 Å². The highest BCUT2D eigenvalue weighted by Gasteiger charge is 2.20. The highest BCUT2D eigenvalue weighted by atomic mass is 16.5. The number of carbonyl (C=O) groups excluding carboxylic acids is 1. The molecule has 1 fully saturated rings. The Bertz CT molecular complexity index is 801. The van der Waals surface area contributed by atoms with Crippen molar-refractivity contribution in [3.05, 3.63) is 42.0 Å². The number of amides is 1. The lowest BCUT2D eigenvalue weighted by Crippen LogP contribution is -2.30. The number of rotatable bonds is 6. The molecule has 0 spiro atoms. The summed E-state index contributed by atoms with van der Waals surface area (Å²) in [6.07, 6.45) is 3.60. The van der Waals surface area contributed by atoms with Crippen LogP contribution < -0.4 is 24.4 Å². The summed E-state index contributed by atoms with van der Waals surface area (Å²) in [5.74, 6) is 1.17. The Hall–Kier alpha value is -2.89. The summed E-state index contributed by atoms with van der Waals surface area (Å²) in [6.45, 7) is 2.01. The molecule has 1 heterocycles. The van der Waals surface area contributed by atoms with Crippen LogP contribution in [-0.4, -0.2) is 40.3 Å². The normalized spacial score (nSPS) is 13.8. The average Bonchev–Trinajstić information content (AvgIpc) is 2.73. The first-order valence-corrected chi connectivity index (χ1v) is 9.13. The van der Waals surface area contributed by atoms with E-state index in [2.05, 4.69) is 10.2 Å². The second kappa shape index (κ2) is 8.66. The van der Waals surface area contributed by atoms with Gasteiger partial charge in [0.05, 0.1) is 38.3 Å². The molecule has 144 valence electrons. The summed E-state index contributed by atoms with van der Waals surface area (Å²) in [5.41, 5.74) is 2.23. The van der Waals surface area contributed by atoms with E-state index in [0.29, 0.717) is 22.8 Å². The van der Waals surface area contributed by atoms with Crippen molar-refractivity contribution < 1.29 is 19.0 Å². The molecule has 0 aromatic heterocycles. The zero-order valence-electron chi connectivity index (χ0n) is 16.1. The van der Waals surface area contributed by atoms with Crippen LogP contribution in [0.4, 0.5) is 11.4 Å². The van der Waals surface area contributed by atoms with E-state index >= 15 is 0 Å². The maximum atomic E-state index is 13.0. The number of ether oxygens (including phenoxy) is 3. The minimum Gasteiger partial charge on any atom is -0.496 e. The van der Waals surface area contributed by atoms with Gasteiger partial charge in [-0.15, -0.1) is 0 Å². The van der Waals surface area contributed by atoms with Gasteiger partial charge in [-0.05, 0) is 31.4 Å². The van der Waals surface area contributed by atoms with E-state index in [1.807, 2.05) is 24.3 Å². The van der Waals surface area contributed by atoms with Gasteiger partial charge in [-0.1, -0.05) is 12.1 Å². The van der Waals surface area contributed by atoms with Gasteiger partial charge in [-0.3, -0.25) is 4.79 Å². The molecule has 6 heteroatoms. The van der Waals surface area contributed by atoms with Crippen molar-refractivity contribution in [2.24, 2.45) is 0 Å². The fourth-order valence-corrected chi connectivity index (χ4v) is 3.39. The van der Waals surface area contributed by atoms with Crippen LogP contribution >= 0.6 is 0 Å². The third-order valence-corrected chi connectivity index (χ3v) is 4.80. The molecule has 27 heavy (non-hydrogen) atoms. The Morgan fingerprint density at radius 3 is 2.19 bits per heavy atom. The summed E-state index contributed by atoms with van der Waals surface area (Å²) in [5, 5.41) is 3.03. The third kappa shape index (κ3) is 4.10.